The highest BCUT2D eigenvalue weighted by molar-refractivity contribution is 5.87. The van der Waals surface area contributed by atoms with E-state index in [0.29, 0.717) is 18.4 Å². The number of aliphatic hydroxyl groups is 3. The zero-order chi connectivity index (χ0) is 29.3. The summed E-state index contributed by atoms with van der Waals surface area (Å²) in [6.45, 7) is 2.09. The molecule has 0 saturated heterocycles. The predicted octanol–water partition coefficient (Wildman–Crippen LogP) is 1.65. The maximum atomic E-state index is 13.0. The van der Waals surface area contributed by atoms with Crippen LogP contribution in [0.15, 0.2) is 54.3 Å². The van der Waals surface area contributed by atoms with Gasteiger partial charge in [-0.05, 0) is 55.2 Å². The van der Waals surface area contributed by atoms with Gasteiger partial charge in [0.2, 0.25) is 6.10 Å². The zero-order valence-electron chi connectivity index (χ0n) is 22.1. The number of ether oxygens (including phenoxy) is 3. The lowest BCUT2D eigenvalue weighted by atomic mass is 9.45. The third-order valence-electron chi connectivity index (χ3n) is 9.29. The summed E-state index contributed by atoms with van der Waals surface area (Å²) in [5.74, 6) is -4.25. The lowest BCUT2D eigenvalue weighted by Gasteiger charge is -2.61. The molecule has 41 heavy (non-hydrogen) atoms. The number of carbonyl (C=O) groups excluding carboxylic acids is 2. The van der Waals surface area contributed by atoms with Crippen LogP contribution in [0.5, 0.6) is 11.5 Å². The Bertz CT molecular complexity index is 1450. The van der Waals surface area contributed by atoms with Crippen molar-refractivity contribution in [1.82, 2.24) is 0 Å². The molecule has 2 bridgehead atoms. The van der Waals surface area contributed by atoms with Crippen molar-refractivity contribution >= 4 is 17.9 Å². The van der Waals surface area contributed by atoms with Gasteiger partial charge in [-0.1, -0.05) is 43.3 Å². The summed E-state index contributed by atoms with van der Waals surface area (Å²) in [6, 6.07) is 10.9. The number of hydrogen-bond donors (Lipinski definition) is 5. The number of phenols is 1. The van der Waals surface area contributed by atoms with Gasteiger partial charge >= 0.3 is 17.9 Å². The molecule has 1 aliphatic heterocycles. The van der Waals surface area contributed by atoms with Gasteiger partial charge in [0.05, 0.1) is 11.0 Å². The fraction of sp³-hybridized carbons (Fsp3) is 0.433. The van der Waals surface area contributed by atoms with Crippen molar-refractivity contribution in [2.75, 3.05) is 0 Å². The van der Waals surface area contributed by atoms with Crippen LogP contribution >= 0.6 is 0 Å². The van der Waals surface area contributed by atoms with Crippen molar-refractivity contribution in [2.24, 2.45) is 11.8 Å². The van der Waals surface area contributed by atoms with Crippen molar-refractivity contribution in [1.29, 1.82) is 0 Å². The number of carboxylic acids is 1. The minimum atomic E-state index is -2.45. The summed E-state index contributed by atoms with van der Waals surface area (Å²) in [5, 5.41) is 53.2. The Morgan fingerprint density at radius 2 is 1.76 bits per heavy atom. The fourth-order valence-electron chi connectivity index (χ4n) is 7.32. The maximum Gasteiger partial charge on any atom is 0.349 e. The van der Waals surface area contributed by atoms with Crippen LogP contribution in [0, 0.1) is 11.8 Å². The number of rotatable bonds is 7. The van der Waals surface area contributed by atoms with Gasteiger partial charge in [-0.3, -0.25) is 0 Å². The van der Waals surface area contributed by atoms with E-state index < -0.39 is 53.3 Å². The van der Waals surface area contributed by atoms with E-state index in [1.54, 1.807) is 6.07 Å². The molecule has 11 heteroatoms. The topological polar surface area (TPSA) is 180 Å². The predicted molar refractivity (Wildman–Crippen MR) is 138 cm³/mol. The number of esters is 2. The SMILES string of the molecule is CC1CC[C@]23c4c5ccc(O)c4O[C@H]2C(OC(=O)[C@H](O)[C@@H](O)C(=O)OC(C(=O)O)c2ccccc2)=CC[C@@]3(O)[C@H]1C5. The van der Waals surface area contributed by atoms with Gasteiger partial charge in [0.15, 0.2) is 29.8 Å². The number of carboxylic acid groups (broad SMARTS) is 1. The van der Waals surface area contributed by atoms with Crippen LogP contribution in [-0.4, -0.2) is 67.4 Å². The molecule has 0 aromatic heterocycles. The molecule has 1 heterocycles. The highest BCUT2D eigenvalue weighted by Gasteiger charge is 2.72. The molecule has 2 unspecified atom stereocenters. The first-order valence-corrected chi connectivity index (χ1v) is 13.5. The van der Waals surface area contributed by atoms with Gasteiger partial charge in [0.1, 0.15) is 5.76 Å². The van der Waals surface area contributed by atoms with Gasteiger partial charge in [-0.25, -0.2) is 14.4 Å². The Hall–Kier alpha value is -3.93. The molecule has 0 radical (unpaired) electrons. The van der Waals surface area contributed by atoms with Crippen LogP contribution in [0.4, 0.5) is 0 Å². The zero-order valence-corrected chi connectivity index (χ0v) is 22.1. The third-order valence-corrected chi connectivity index (χ3v) is 9.29. The second kappa shape index (κ2) is 9.57. The van der Waals surface area contributed by atoms with Crippen LogP contribution in [-0.2, 0) is 35.7 Å². The second-order valence-electron chi connectivity index (χ2n) is 11.4. The van der Waals surface area contributed by atoms with Crippen LogP contribution in [0.25, 0.3) is 0 Å². The van der Waals surface area contributed by atoms with Crippen molar-refractivity contribution < 1.29 is 54.1 Å². The Morgan fingerprint density at radius 1 is 1.05 bits per heavy atom. The van der Waals surface area contributed by atoms with Gasteiger partial charge < -0.3 is 39.7 Å². The molecule has 5 N–H and O–H groups in total. The number of carbonyl (C=O) groups is 3. The van der Waals surface area contributed by atoms with E-state index in [1.165, 1.54) is 36.4 Å². The van der Waals surface area contributed by atoms with E-state index in [9.17, 15) is 39.9 Å². The lowest BCUT2D eigenvalue weighted by molar-refractivity contribution is -0.183. The molecule has 216 valence electrons. The summed E-state index contributed by atoms with van der Waals surface area (Å²) in [6.07, 6.45) is -4.14. The number of aliphatic carboxylic acids is 1. The Morgan fingerprint density at radius 3 is 2.46 bits per heavy atom. The number of aliphatic hydroxyl groups excluding tert-OH is 2. The highest BCUT2D eigenvalue weighted by atomic mass is 16.6. The van der Waals surface area contributed by atoms with Crippen LogP contribution < -0.4 is 4.74 Å². The maximum absolute atomic E-state index is 13.0. The molecule has 1 fully saturated rings. The summed E-state index contributed by atoms with van der Waals surface area (Å²) < 4.78 is 16.6. The fourth-order valence-corrected chi connectivity index (χ4v) is 7.32. The summed E-state index contributed by atoms with van der Waals surface area (Å²) in [7, 11) is 0. The molecule has 2 aromatic carbocycles. The molecule has 0 amide bonds. The molecule has 11 nitrogen and oxygen atoms in total. The number of benzene rings is 2. The first kappa shape index (κ1) is 27.3. The molecule has 2 aromatic rings. The average Bonchev–Trinajstić information content (AvgIpc) is 3.32. The van der Waals surface area contributed by atoms with Crippen molar-refractivity contribution in [2.45, 2.75) is 68.0 Å². The van der Waals surface area contributed by atoms with Gasteiger partial charge in [-0.15, -0.1) is 0 Å². The first-order valence-electron chi connectivity index (χ1n) is 13.5. The van der Waals surface area contributed by atoms with E-state index in [2.05, 4.69) is 6.92 Å². The minimum Gasteiger partial charge on any atom is -0.504 e. The second-order valence-corrected chi connectivity index (χ2v) is 11.4. The minimum absolute atomic E-state index is 0.0243. The normalized spacial score (nSPS) is 31.0. The largest absolute Gasteiger partial charge is 0.504 e. The summed E-state index contributed by atoms with van der Waals surface area (Å²) >= 11 is 0. The monoisotopic (exact) mass is 566 g/mol. The van der Waals surface area contributed by atoms with Gasteiger partial charge in [0, 0.05) is 11.1 Å². The number of phenolic OH excluding ortho intramolecular Hbond substituents is 1. The molecule has 6 rings (SSSR count). The molecule has 8 atom stereocenters. The van der Waals surface area contributed by atoms with Crippen molar-refractivity contribution in [3.63, 3.8) is 0 Å². The quantitative estimate of drug-likeness (QED) is 0.308. The molecule has 1 saturated carbocycles. The average molecular weight is 567 g/mol. The Balaban J connectivity index is 1.24. The van der Waals surface area contributed by atoms with E-state index >= 15 is 0 Å². The standard InChI is InChI=1S/C30H30O11/c1-14-9-11-29-20-16-7-8-18(31)24(20)40-25(29)19(10-12-30(29,38)17(14)13-16)39-27(36)21(32)22(33)28(37)41-23(26(34)35)15-5-3-2-4-6-15/h2-8,10,14,17,21-23,25,31-33,38H,9,11-13H2,1H3,(H,34,35)/t14?,17-,21+,22+,23?,25-,29-,30+/m0/s1. The summed E-state index contributed by atoms with van der Waals surface area (Å²) in [4.78, 5) is 37.2. The molecule has 4 aliphatic rings. The molecular weight excluding hydrogens is 536 g/mol. The van der Waals surface area contributed by atoms with Crippen LogP contribution in [0.2, 0.25) is 0 Å². The molecular formula is C30H30O11. The van der Waals surface area contributed by atoms with Crippen LogP contribution in [0.3, 0.4) is 0 Å². The Kier molecular flexibility index (Phi) is 6.36. The first-order chi connectivity index (χ1) is 19.5. The van der Waals surface area contributed by atoms with E-state index in [1.807, 2.05) is 6.07 Å². The van der Waals surface area contributed by atoms with Gasteiger partial charge in [0.25, 0.3) is 0 Å². The molecule has 3 aliphatic carbocycles. The lowest BCUT2D eigenvalue weighted by Crippen LogP contribution is -2.69. The molecule has 1 spiro atoms. The number of aromatic hydroxyl groups is 1. The Labute approximate surface area is 234 Å². The highest BCUT2D eigenvalue weighted by Crippen LogP contribution is 2.68. The number of hydrogen-bond acceptors (Lipinski definition) is 10. The third kappa shape index (κ3) is 3.87. The van der Waals surface area contributed by atoms with Crippen LogP contribution in [0.1, 0.15) is 49.0 Å². The van der Waals surface area contributed by atoms with Crippen molar-refractivity contribution in [3.8, 4) is 11.5 Å². The summed E-state index contributed by atoms with van der Waals surface area (Å²) in [5.41, 5.74) is -0.492. The van der Waals surface area contributed by atoms with E-state index in [0.717, 1.165) is 12.0 Å². The van der Waals surface area contributed by atoms with Gasteiger partial charge in [-0.2, -0.15) is 0 Å². The smallest absolute Gasteiger partial charge is 0.349 e. The van der Waals surface area contributed by atoms with E-state index in [-0.39, 0.29) is 41.1 Å². The van der Waals surface area contributed by atoms with Crippen molar-refractivity contribution in [3.05, 3.63) is 71.0 Å². The van der Waals surface area contributed by atoms with E-state index in [4.69, 9.17) is 14.2 Å².